The number of quaternary nitrogens is 1. The average Bonchev–Trinajstić information content (AvgIpc) is 2.55. The highest BCUT2D eigenvalue weighted by molar-refractivity contribution is 5.76. The molecule has 1 amide bonds. The Morgan fingerprint density at radius 3 is 2.52 bits per heavy atom. The quantitative estimate of drug-likeness (QED) is 0.783. The van der Waals surface area contributed by atoms with Crippen LogP contribution in [0.2, 0.25) is 0 Å². The zero-order valence-electron chi connectivity index (χ0n) is 13.8. The number of hydrogen-bond donors (Lipinski definition) is 2. The lowest BCUT2D eigenvalue weighted by Crippen LogP contribution is -3.08. The van der Waals surface area contributed by atoms with Crippen LogP contribution in [0.15, 0.2) is 54.6 Å². The normalized spacial score (nSPS) is 11.7. The highest BCUT2D eigenvalue weighted by atomic mass is 16.5. The lowest BCUT2D eigenvalue weighted by atomic mass is 10.2. The van der Waals surface area contributed by atoms with Crippen LogP contribution < -0.4 is 15.0 Å². The maximum atomic E-state index is 11.8. The van der Waals surface area contributed by atoms with E-state index >= 15 is 0 Å². The third-order valence-electron chi connectivity index (χ3n) is 3.47. The Hall–Kier alpha value is -2.33. The molecule has 0 aliphatic heterocycles. The van der Waals surface area contributed by atoms with E-state index in [1.54, 1.807) is 0 Å². The summed E-state index contributed by atoms with van der Waals surface area (Å²) >= 11 is 0. The van der Waals surface area contributed by atoms with Gasteiger partial charge < -0.3 is 15.0 Å². The summed E-state index contributed by atoms with van der Waals surface area (Å²) in [4.78, 5) is 12.9. The number of ether oxygens (including phenoxy) is 1. The van der Waals surface area contributed by atoms with E-state index in [9.17, 15) is 4.79 Å². The third kappa shape index (κ3) is 5.75. The van der Waals surface area contributed by atoms with E-state index in [1.165, 1.54) is 0 Å². The molecular formula is C19H25N2O2+. The van der Waals surface area contributed by atoms with E-state index in [0.717, 1.165) is 41.5 Å². The van der Waals surface area contributed by atoms with Gasteiger partial charge in [0.15, 0.2) is 6.54 Å². The molecule has 0 fully saturated rings. The van der Waals surface area contributed by atoms with E-state index in [0.29, 0.717) is 6.54 Å². The van der Waals surface area contributed by atoms with Gasteiger partial charge >= 0.3 is 0 Å². The first-order valence-corrected chi connectivity index (χ1v) is 8.08. The Labute approximate surface area is 138 Å². The van der Waals surface area contributed by atoms with Gasteiger partial charge in [-0.1, -0.05) is 37.3 Å². The molecule has 2 N–H and O–H groups in total. The Kier molecular flexibility index (Phi) is 6.63. The Morgan fingerprint density at radius 2 is 1.78 bits per heavy atom. The molecule has 0 heterocycles. The fourth-order valence-electron chi connectivity index (χ4n) is 2.35. The van der Waals surface area contributed by atoms with E-state index in [-0.39, 0.29) is 5.91 Å². The van der Waals surface area contributed by atoms with E-state index in [4.69, 9.17) is 4.74 Å². The van der Waals surface area contributed by atoms with Gasteiger partial charge in [0.2, 0.25) is 0 Å². The number of likely N-dealkylation sites (N-methyl/N-ethyl adjacent to an activating group) is 1. The minimum Gasteiger partial charge on any atom is -0.457 e. The second kappa shape index (κ2) is 8.96. The van der Waals surface area contributed by atoms with Crippen molar-refractivity contribution in [2.75, 3.05) is 20.1 Å². The van der Waals surface area contributed by atoms with Crippen molar-refractivity contribution in [1.29, 1.82) is 0 Å². The molecule has 0 spiro atoms. The van der Waals surface area contributed by atoms with Gasteiger partial charge in [0.25, 0.3) is 5.91 Å². The van der Waals surface area contributed by atoms with Crippen LogP contribution in [-0.4, -0.2) is 26.0 Å². The van der Waals surface area contributed by atoms with Crippen molar-refractivity contribution in [3.8, 4) is 11.5 Å². The molecule has 4 nitrogen and oxygen atoms in total. The molecule has 2 aromatic rings. The number of rotatable bonds is 8. The van der Waals surface area contributed by atoms with Crippen LogP contribution in [0.25, 0.3) is 0 Å². The summed E-state index contributed by atoms with van der Waals surface area (Å²) in [5.74, 6) is 1.75. The first-order chi connectivity index (χ1) is 11.2. The maximum absolute atomic E-state index is 11.8. The first kappa shape index (κ1) is 17.0. The molecule has 2 rings (SSSR count). The average molecular weight is 313 g/mol. The molecule has 0 aliphatic carbocycles. The molecule has 2 aromatic carbocycles. The molecule has 0 bridgehead atoms. The fourth-order valence-corrected chi connectivity index (χ4v) is 2.35. The Balaban J connectivity index is 1.98. The molecule has 0 saturated heterocycles. The summed E-state index contributed by atoms with van der Waals surface area (Å²) in [6, 6.07) is 17.7. The van der Waals surface area contributed by atoms with Gasteiger partial charge in [-0.05, 0) is 30.7 Å². The van der Waals surface area contributed by atoms with Crippen LogP contribution in [0.4, 0.5) is 0 Å². The maximum Gasteiger partial charge on any atom is 0.275 e. The summed E-state index contributed by atoms with van der Waals surface area (Å²) in [7, 11) is 2.02. The van der Waals surface area contributed by atoms with Gasteiger partial charge in [0.1, 0.15) is 18.0 Å². The van der Waals surface area contributed by atoms with Crippen molar-refractivity contribution in [3.63, 3.8) is 0 Å². The Bertz CT molecular complexity index is 614. The van der Waals surface area contributed by atoms with Crippen molar-refractivity contribution in [3.05, 3.63) is 60.2 Å². The molecule has 0 radical (unpaired) electrons. The van der Waals surface area contributed by atoms with Gasteiger partial charge in [0.05, 0.1) is 7.05 Å². The van der Waals surface area contributed by atoms with Crippen LogP contribution in [-0.2, 0) is 11.3 Å². The molecule has 1 atom stereocenters. The van der Waals surface area contributed by atoms with Crippen LogP contribution in [0.3, 0.4) is 0 Å². The molecule has 122 valence electrons. The summed E-state index contributed by atoms with van der Waals surface area (Å²) in [5, 5.41) is 2.91. The van der Waals surface area contributed by atoms with E-state index in [1.807, 2.05) is 68.6 Å². The zero-order chi connectivity index (χ0) is 16.5. The second-order valence-corrected chi connectivity index (χ2v) is 5.68. The van der Waals surface area contributed by atoms with Crippen LogP contribution >= 0.6 is 0 Å². The largest absolute Gasteiger partial charge is 0.457 e. The lowest BCUT2D eigenvalue weighted by Gasteiger charge is -2.16. The first-order valence-electron chi connectivity index (χ1n) is 8.08. The molecular weight excluding hydrogens is 288 g/mol. The predicted molar refractivity (Wildman–Crippen MR) is 91.7 cm³/mol. The van der Waals surface area contributed by atoms with Crippen LogP contribution in [0, 0.1) is 0 Å². The zero-order valence-corrected chi connectivity index (χ0v) is 13.8. The number of amides is 1. The van der Waals surface area contributed by atoms with Crippen molar-refractivity contribution in [1.82, 2.24) is 5.32 Å². The topological polar surface area (TPSA) is 42.8 Å². The van der Waals surface area contributed by atoms with Crippen molar-refractivity contribution >= 4 is 5.91 Å². The van der Waals surface area contributed by atoms with Gasteiger partial charge in [-0.15, -0.1) is 0 Å². The monoisotopic (exact) mass is 313 g/mol. The summed E-state index contributed by atoms with van der Waals surface area (Å²) in [5.41, 5.74) is 1.09. The number of carbonyl (C=O) groups is 1. The number of hydrogen-bond acceptors (Lipinski definition) is 2. The van der Waals surface area contributed by atoms with Gasteiger partial charge in [-0.3, -0.25) is 4.79 Å². The fraction of sp³-hybridized carbons (Fsp3) is 0.316. The SMILES string of the molecule is CCCNC(=O)C[NH+](C)Cc1ccccc1Oc1ccccc1. The molecule has 0 saturated carbocycles. The third-order valence-corrected chi connectivity index (χ3v) is 3.47. The van der Waals surface area contributed by atoms with E-state index in [2.05, 4.69) is 5.32 Å². The molecule has 23 heavy (non-hydrogen) atoms. The number of para-hydroxylation sites is 2. The Morgan fingerprint density at radius 1 is 1.09 bits per heavy atom. The predicted octanol–water partition coefficient (Wildman–Crippen LogP) is 2.02. The van der Waals surface area contributed by atoms with Crippen LogP contribution in [0.1, 0.15) is 18.9 Å². The minimum atomic E-state index is 0.0887. The highest BCUT2D eigenvalue weighted by Gasteiger charge is 2.13. The number of carbonyl (C=O) groups excluding carboxylic acids is 1. The molecule has 0 aromatic heterocycles. The van der Waals surface area contributed by atoms with E-state index < -0.39 is 0 Å². The number of nitrogens with one attached hydrogen (secondary N) is 2. The number of benzene rings is 2. The summed E-state index contributed by atoms with van der Waals surface area (Å²) in [6.45, 7) is 3.98. The minimum absolute atomic E-state index is 0.0887. The van der Waals surface area contributed by atoms with Crippen LogP contribution in [0.5, 0.6) is 11.5 Å². The highest BCUT2D eigenvalue weighted by Crippen LogP contribution is 2.24. The van der Waals surface area contributed by atoms with Crippen molar-refractivity contribution in [2.24, 2.45) is 0 Å². The smallest absolute Gasteiger partial charge is 0.275 e. The van der Waals surface area contributed by atoms with Gasteiger partial charge in [-0.25, -0.2) is 0 Å². The summed E-state index contributed by atoms with van der Waals surface area (Å²) < 4.78 is 5.97. The van der Waals surface area contributed by atoms with Crippen molar-refractivity contribution in [2.45, 2.75) is 19.9 Å². The van der Waals surface area contributed by atoms with Gasteiger partial charge in [-0.2, -0.15) is 0 Å². The van der Waals surface area contributed by atoms with Gasteiger partial charge in [0, 0.05) is 12.1 Å². The second-order valence-electron chi connectivity index (χ2n) is 5.68. The standard InChI is InChI=1S/C19H24N2O2/c1-3-13-20-19(22)15-21(2)14-16-9-7-8-12-18(16)23-17-10-5-4-6-11-17/h4-12H,3,13-15H2,1-2H3,(H,20,22)/p+1. The molecule has 0 aliphatic rings. The lowest BCUT2D eigenvalue weighted by molar-refractivity contribution is -0.885. The molecule has 4 heteroatoms. The van der Waals surface area contributed by atoms with Crippen molar-refractivity contribution < 1.29 is 14.4 Å². The molecule has 1 unspecified atom stereocenters. The summed E-state index contributed by atoms with van der Waals surface area (Å²) in [6.07, 6.45) is 0.957.